The molecule has 1 atom stereocenters. The molecule has 2 rings (SSSR count). The first-order chi connectivity index (χ1) is 6.27. The molecule has 3 nitrogen and oxygen atoms in total. The second-order valence-corrected chi connectivity index (χ2v) is 3.34. The molecule has 1 aromatic rings. The summed E-state index contributed by atoms with van der Waals surface area (Å²) < 4.78 is 0. The first-order valence-corrected chi connectivity index (χ1v) is 4.48. The lowest BCUT2D eigenvalue weighted by Gasteiger charge is -2.10. The quantitative estimate of drug-likeness (QED) is 0.698. The van der Waals surface area contributed by atoms with Gasteiger partial charge in [0.15, 0.2) is 0 Å². The molecule has 0 radical (unpaired) electrons. The number of rotatable bonds is 1. The molecule has 0 aliphatic heterocycles. The zero-order chi connectivity index (χ0) is 9.26. The third kappa shape index (κ3) is 1.54. The molecule has 0 bridgehead atoms. The van der Waals surface area contributed by atoms with Crippen molar-refractivity contribution in [3.63, 3.8) is 0 Å². The fourth-order valence-corrected chi connectivity index (χ4v) is 1.80. The second-order valence-electron chi connectivity index (χ2n) is 3.34. The van der Waals surface area contributed by atoms with Crippen LogP contribution in [-0.4, -0.2) is 10.9 Å². The number of hydrogen-bond acceptors (Lipinski definition) is 2. The molecular formula is C10H12N2O. The number of pyridine rings is 1. The Balaban J connectivity index is 2.23. The van der Waals surface area contributed by atoms with Crippen LogP contribution in [0, 0.1) is 0 Å². The van der Waals surface area contributed by atoms with E-state index < -0.39 is 0 Å². The molecule has 3 heteroatoms. The number of fused-ring (bicyclic) bond motifs is 1. The fraction of sp³-hybridized carbons (Fsp3) is 0.400. The first-order valence-electron chi connectivity index (χ1n) is 4.48. The van der Waals surface area contributed by atoms with Crippen LogP contribution in [0.5, 0.6) is 0 Å². The van der Waals surface area contributed by atoms with Crippen LogP contribution in [0.15, 0.2) is 18.3 Å². The number of carbonyl (C=O) groups is 1. The van der Waals surface area contributed by atoms with Crippen molar-refractivity contribution in [3.05, 3.63) is 29.6 Å². The Labute approximate surface area is 77.2 Å². The van der Waals surface area contributed by atoms with Gasteiger partial charge in [-0.3, -0.25) is 9.78 Å². The van der Waals surface area contributed by atoms with Crippen molar-refractivity contribution in [1.82, 2.24) is 10.3 Å². The molecule has 0 aromatic carbocycles. The normalized spacial score (nSPS) is 19.6. The van der Waals surface area contributed by atoms with E-state index in [-0.39, 0.29) is 11.9 Å². The smallest absolute Gasteiger partial charge is 0.217 e. The van der Waals surface area contributed by atoms with Gasteiger partial charge in [0, 0.05) is 13.1 Å². The molecule has 1 aliphatic carbocycles. The van der Waals surface area contributed by atoms with Crippen molar-refractivity contribution in [2.75, 3.05) is 0 Å². The minimum Gasteiger partial charge on any atom is -0.348 e. The number of nitrogens with zero attached hydrogens (tertiary/aromatic N) is 1. The van der Waals surface area contributed by atoms with Gasteiger partial charge < -0.3 is 5.32 Å². The van der Waals surface area contributed by atoms with E-state index in [0.717, 1.165) is 18.5 Å². The number of hydrogen-bond donors (Lipinski definition) is 1. The van der Waals surface area contributed by atoms with Crippen molar-refractivity contribution in [2.24, 2.45) is 0 Å². The van der Waals surface area contributed by atoms with Gasteiger partial charge in [-0.1, -0.05) is 6.07 Å². The molecular weight excluding hydrogens is 164 g/mol. The topological polar surface area (TPSA) is 42.0 Å². The highest BCUT2D eigenvalue weighted by Crippen LogP contribution is 2.28. The van der Waals surface area contributed by atoms with Crippen LogP contribution in [0.3, 0.4) is 0 Å². The van der Waals surface area contributed by atoms with Gasteiger partial charge in [0.2, 0.25) is 5.91 Å². The first kappa shape index (κ1) is 8.23. The number of aromatic nitrogens is 1. The third-order valence-electron chi connectivity index (χ3n) is 2.34. The Morgan fingerprint density at radius 2 is 2.54 bits per heavy atom. The van der Waals surface area contributed by atoms with Gasteiger partial charge in [-0.05, 0) is 24.5 Å². The summed E-state index contributed by atoms with van der Waals surface area (Å²) in [4.78, 5) is 15.1. The molecule has 1 aliphatic rings. The summed E-state index contributed by atoms with van der Waals surface area (Å²) in [5, 5.41) is 2.90. The summed E-state index contributed by atoms with van der Waals surface area (Å²) in [7, 11) is 0. The second kappa shape index (κ2) is 3.17. The van der Waals surface area contributed by atoms with Crippen LogP contribution in [0.2, 0.25) is 0 Å². The molecule has 0 unspecified atom stereocenters. The average Bonchev–Trinajstić information content (AvgIpc) is 2.48. The van der Waals surface area contributed by atoms with Crippen molar-refractivity contribution in [3.8, 4) is 0 Å². The zero-order valence-electron chi connectivity index (χ0n) is 7.58. The van der Waals surface area contributed by atoms with E-state index in [2.05, 4.69) is 16.4 Å². The monoisotopic (exact) mass is 176 g/mol. The maximum absolute atomic E-state index is 10.9. The van der Waals surface area contributed by atoms with Crippen molar-refractivity contribution >= 4 is 5.91 Å². The predicted molar refractivity (Wildman–Crippen MR) is 49.1 cm³/mol. The van der Waals surface area contributed by atoms with E-state index in [1.165, 1.54) is 5.56 Å². The van der Waals surface area contributed by atoms with Gasteiger partial charge in [-0.2, -0.15) is 0 Å². The highest BCUT2D eigenvalue weighted by atomic mass is 16.1. The Hall–Kier alpha value is -1.38. The molecule has 1 N–H and O–H groups in total. The molecule has 0 saturated carbocycles. The predicted octanol–water partition coefficient (Wildman–Crippen LogP) is 1.21. The largest absolute Gasteiger partial charge is 0.348 e. The van der Waals surface area contributed by atoms with Gasteiger partial charge in [-0.15, -0.1) is 0 Å². The molecule has 0 spiro atoms. The maximum atomic E-state index is 10.9. The zero-order valence-corrected chi connectivity index (χ0v) is 7.58. The molecule has 68 valence electrons. The molecule has 1 aromatic heterocycles. The Morgan fingerprint density at radius 1 is 1.69 bits per heavy atom. The van der Waals surface area contributed by atoms with Crippen molar-refractivity contribution in [2.45, 2.75) is 25.8 Å². The Kier molecular flexibility index (Phi) is 2.00. The van der Waals surface area contributed by atoms with E-state index in [1.54, 1.807) is 13.1 Å². The number of amides is 1. The summed E-state index contributed by atoms with van der Waals surface area (Å²) in [6.07, 6.45) is 3.78. The lowest BCUT2D eigenvalue weighted by molar-refractivity contribution is -0.119. The van der Waals surface area contributed by atoms with Crippen molar-refractivity contribution < 1.29 is 4.79 Å². The maximum Gasteiger partial charge on any atom is 0.217 e. The van der Waals surface area contributed by atoms with Crippen molar-refractivity contribution in [1.29, 1.82) is 0 Å². The van der Waals surface area contributed by atoms with E-state index in [9.17, 15) is 4.79 Å². The van der Waals surface area contributed by atoms with Gasteiger partial charge in [-0.25, -0.2) is 0 Å². The SMILES string of the molecule is CC(=O)N[C@@H]1CCc2cccnc21. The van der Waals surface area contributed by atoms with Gasteiger partial charge in [0.25, 0.3) is 0 Å². The summed E-state index contributed by atoms with van der Waals surface area (Å²) in [5.74, 6) is 0.0171. The highest BCUT2D eigenvalue weighted by Gasteiger charge is 2.23. The summed E-state index contributed by atoms with van der Waals surface area (Å²) in [6.45, 7) is 1.54. The van der Waals surface area contributed by atoms with Crippen LogP contribution in [0.25, 0.3) is 0 Å². The third-order valence-corrected chi connectivity index (χ3v) is 2.34. The van der Waals surface area contributed by atoms with E-state index in [0.29, 0.717) is 0 Å². The van der Waals surface area contributed by atoms with Crippen LogP contribution in [0.4, 0.5) is 0 Å². The average molecular weight is 176 g/mol. The number of carbonyl (C=O) groups excluding carboxylic acids is 1. The molecule has 13 heavy (non-hydrogen) atoms. The van der Waals surface area contributed by atoms with Crippen LogP contribution in [0.1, 0.15) is 30.6 Å². The van der Waals surface area contributed by atoms with E-state index >= 15 is 0 Å². The lowest BCUT2D eigenvalue weighted by Crippen LogP contribution is -2.24. The molecule has 0 saturated heterocycles. The molecule has 1 heterocycles. The van der Waals surface area contributed by atoms with E-state index in [1.807, 2.05) is 6.07 Å². The Bertz CT molecular complexity index is 335. The summed E-state index contributed by atoms with van der Waals surface area (Å²) >= 11 is 0. The molecule has 1 amide bonds. The highest BCUT2D eigenvalue weighted by molar-refractivity contribution is 5.73. The lowest BCUT2D eigenvalue weighted by atomic mass is 10.2. The van der Waals surface area contributed by atoms with Gasteiger partial charge >= 0.3 is 0 Å². The number of aryl methyl sites for hydroxylation is 1. The van der Waals surface area contributed by atoms with Crippen LogP contribution < -0.4 is 5.32 Å². The summed E-state index contributed by atoms with van der Waals surface area (Å²) in [6, 6.07) is 4.15. The fourth-order valence-electron chi connectivity index (χ4n) is 1.80. The van der Waals surface area contributed by atoms with Gasteiger partial charge in [0.1, 0.15) is 0 Å². The number of nitrogens with one attached hydrogen (secondary N) is 1. The minimum absolute atomic E-state index is 0.0171. The van der Waals surface area contributed by atoms with Gasteiger partial charge in [0.05, 0.1) is 11.7 Å². The van der Waals surface area contributed by atoms with Crippen LogP contribution >= 0.6 is 0 Å². The van der Waals surface area contributed by atoms with E-state index in [4.69, 9.17) is 0 Å². The Morgan fingerprint density at radius 3 is 3.31 bits per heavy atom. The standard InChI is InChI=1S/C10H12N2O/c1-7(13)12-9-5-4-8-3-2-6-11-10(8)9/h2-3,6,9H,4-5H2,1H3,(H,12,13)/t9-/m1/s1. The molecule has 0 fully saturated rings. The summed E-state index contributed by atoms with van der Waals surface area (Å²) in [5.41, 5.74) is 2.30. The van der Waals surface area contributed by atoms with Crippen LogP contribution in [-0.2, 0) is 11.2 Å². The minimum atomic E-state index is 0.0171.